The molecule has 0 atom stereocenters. The maximum absolute atomic E-state index is 13.4. The Labute approximate surface area is 124 Å². The zero-order chi connectivity index (χ0) is 14.1. The molecule has 1 amide bonds. The van der Waals surface area contributed by atoms with Gasteiger partial charge in [-0.05, 0) is 58.2 Å². The quantitative estimate of drug-likeness (QED) is 0.876. The van der Waals surface area contributed by atoms with Crippen LogP contribution in [0.5, 0.6) is 0 Å². The van der Waals surface area contributed by atoms with E-state index >= 15 is 0 Å². The van der Waals surface area contributed by atoms with E-state index in [-0.39, 0.29) is 5.91 Å². The molecule has 0 saturated carbocycles. The summed E-state index contributed by atoms with van der Waals surface area (Å²) in [6, 6.07) is 10.1. The summed E-state index contributed by atoms with van der Waals surface area (Å²) >= 11 is 3.08. The first-order valence-corrected chi connectivity index (χ1v) is 7.06. The van der Waals surface area contributed by atoms with Crippen LogP contribution < -0.4 is 10.6 Å². The molecule has 0 bridgehead atoms. The van der Waals surface area contributed by atoms with E-state index in [0.717, 1.165) is 18.7 Å². The predicted molar refractivity (Wildman–Crippen MR) is 80.7 cm³/mol. The smallest absolute Gasteiger partial charge is 0.255 e. The lowest BCUT2D eigenvalue weighted by molar-refractivity contribution is 0.102. The number of carbonyl (C=O) groups excluding carboxylic acids is 1. The Balaban J connectivity index is 1.80. The molecule has 1 heterocycles. The van der Waals surface area contributed by atoms with Crippen LogP contribution in [-0.2, 0) is 6.42 Å². The number of carbonyl (C=O) groups is 1. The minimum Gasteiger partial charge on any atom is -0.384 e. The predicted octanol–water partition coefficient (Wildman–Crippen LogP) is 3.81. The molecule has 0 fully saturated rings. The summed E-state index contributed by atoms with van der Waals surface area (Å²) in [5, 5.41) is 5.92. The minimum atomic E-state index is -0.404. The Bertz CT molecular complexity index is 688. The Morgan fingerprint density at radius 1 is 1.25 bits per heavy atom. The van der Waals surface area contributed by atoms with Crippen molar-refractivity contribution < 1.29 is 9.18 Å². The summed E-state index contributed by atoms with van der Waals surface area (Å²) in [6.45, 7) is 0.901. The Hall–Kier alpha value is -1.88. The van der Waals surface area contributed by atoms with Crippen LogP contribution in [0.25, 0.3) is 0 Å². The van der Waals surface area contributed by atoms with Gasteiger partial charge in [-0.15, -0.1) is 0 Å². The van der Waals surface area contributed by atoms with E-state index in [2.05, 4.69) is 26.6 Å². The Morgan fingerprint density at radius 3 is 2.90 bits per heavy atom. The largest absolute Gasteiger partial charge is 0.384 e. The van der Waals surface area contributed by atoms with Crippen LogP contribution in [0.2, 0.25) is 0 Å². The molecule has 5 heteroatoms. The fraction of sp³-hybridized carbons (Fsp3) is 0.133. The van der Waals surface area contributed by atoms with E-state index in [1.807, 2.05) is 12.1 Å². The molecule has 3 nitrogen and oxygen atoms in total. The van der Waals surface area contributed by atoms with Gasteiger partial charge >= 0.3 is 0 Å². The van der Waals surface area contributed by atoms with E-state index in [1.54, 1.807) is 18.2 Å². The van der Waals surface area contributed by atoms with Crippen molar-refractivity contribution in [2.75, 3.05) is 17.2 Å². The molecule has 3 rings (SSSR count). The molecule has 20 heavy (non-hydrogen) atoms. The van der Waals surface area contributed by atoms with Gasteiger partial charge in [0.15, 0.2) is 0 Å². The van der Waals surface area contributed by atoms with Crippen molar-refractivity contribution in [3.8, 4) is 0 Å². The second-order valence-corrected chi connectivity index (χ2v) is 5.49. The van der Waals surface area contributed by atoms with Crippen molar-refractivity contribution in [2.24, 2.45) is 0 Å². The van der Waals surface area contributed by atoms with Crippen LogP contribution in [0, 0.1) is 5.82 Å². The zero-order valence-corrected chi connectivity index (χ0v) is 12.1. The van der Waals surface area contributed by atoms with Crippen LogP contribution in [0.3, 0.4) is 0 Å². The van der Waals surface area contributed by atoms with Crippen molar-refractivity contribution >= 4 is 33.2 Å². The Morgan fingerprint density at radius 2 is 2.10 bits per heavy atom. The lowest BCUT2D eigenvalue weighted by Crippen LogP contribution is -2.12. The second-order valence-electron chi connectivity index (χ2n) is 4.63. The molecule has 1 aliphatic heterocycles. The van der Waals surface area contributed by atoms with Gasteiger partial charge in [-0.1, -0.05) is 6.07 Å². The molecule has 0 spiro atoms. The lowest BCUT2D eigenvalue weighted by atomic mass is 10.1. The average Bonchev–Trinajstić information content (AvgIpc) is 2.90. The van der Waals surface area contributed by atoms with Crippen LogP contribution in [0.1, 0.15) is 15.9 Å². The van der Waals surface area contributed by atoms with Crippen LogP contribution in [0.4, 0.5) is 15.8 Å². The van der Waals surface area contributed by atoms with Gasteiger partial charge < -0.3 is 10.6 Å². The molecule has 102 valence electrons. The Kier molecular flexibility index (Phi) is 3.44. The standard InChI is InChI=1S/C15H12BrFN2O/c16-12-4-3-11(8-13(12)17)19-15(20)10-2-1-9-5-6-18-14(9)7-10/h1-4,7-8,18H,5-6H2,(H,19,20). The highest BCUT2D eigenvalue weighted by Gasteiger charge is 2.13. The van der Waals surface area contributed by atoms with Crippen molar-refractivity contribution in [2.45, 2.75) is 6.42 Å². The molecule has 0 aromatic heterocycles. The van der Waals surface area contributed by atoms with Crippen molar-refractivity contribution in [3.63, 3.8) is 0 Å². The fourth-order valence-corrected chi connectivity index (χ4v) is 2.46. The third-order valence-corrected chi connectivity index (χ3v) is 3.90. The molecular weight excluding hydrogens is 323 g/mol. The summed E-state index contributed by atoms with van der Waals surface area (Å²) in [6.07, 6.45) is 0.981. The van der Waals surface area contributed by atoms with Crippen LogP contribution >= 0.6 is 15.9 Å². The van der Waals surface area contributed by atoms with E-state index < -0.39 is 5.82 Å². The van der Waals surface area contributed by atoms with E-state index in [9.17, 15) is 9.18 Å². The SMILES string of the molecule is O=C(Nc1ccc(Br)c(F)c1)c1ccc2c(c1)NCC2. The maximum Gasteiger partial charge on any atom is 0.255 e. The number of rotatable bonds is 2. The first kappa shape index (κ1) is 13.1. The van der Waals surface area contributed by atoms with E-state index in [1.165, 1.54) is 11.6 Å². The number of amides is 1. The summed E-state index contributed by atoms with van der Waals surface area (Å²) < 4.78 is 13.8. The highest BCUT2D eigenvalue weighted by atomic mass is 79.9. The molecule has 0 radical (unpaired) electrons. The van der Waals surface area contributed by atoms with E-state index in [4.69, 9.17) is 0 Å². The second kappa shape index (κ2) is 5.25. The number of anilines is 2. The number of fused-ring (bicyclic) bond motifs is 1. The van der Waals surface area contributed by atoms with Crippen molar-refractivity contribution in [3.05, 3.63) is 57.8 Å². The van der Waals surface area contributed by atoms with Crippen molar-refractivity contribution in [1.82, 2.24) is 0 Å². The molecule has 2 aromatic rings. The molecular formula is C15H12BrFN2O. The van der Waals surface area contributed by atoms with Gasteiger partial charge in [0.1, 0.15) is 5.82 Å². The van der Waals surface area contributed by atoms with Gasteiger partial charge in [-0.2, -0.15) is 0 Å². The monoisotopic (exact) mass is 334 g/mol. The van der Waals surface area contributed by atoms with Gasteiger partial charge in [-0.25, -0.2) is 4.39 Å². The van der Waals surface area contributed by atoms with Gasteiger partial charge in [0.2, 0.25) is 0 Å². The van der Waals surface area contributed by atoms with Gasteiger partial charge in [0.05, 0.1) is 4.47 Å². The number of halogens is 2. The van der Waals surface area contributed by atoms with Gasteiger partial charge in [0.25, 0.3) is 5.91 Å². The molecule has 0 saturated heterocycles. The van der Waals surface area contributed by atoms with E-state index in [0.29, 0.717) is 15.7 Å². The first-order chi connectivity index (χ1) is 9.63. The van der Waals surface area contributed by atoms with Crippen LogP contribution in [-0.4, -0.2) is 12.5 Å². The molecule has 2 aromatic carbocycles. The molecule has 2 N–H and O–H groups in total. The molecule has 0 unspecified atom stereocenters. The summed E-state index contributed by atoms with van der Waals surface area (Å²) in [7, 11) is 0. The normalized spacial score (nSPS) is 12.7. The number of nitrogens with one attached hydrogen (secondary N) is 2. The maximum atomic E-state index is 13.4. The highest BCUT2D eigenvalue weighted by Crippen LogP contribution is 2.24. The summed E-state index contributed by atoms with van der Waals surface area (Å²) in [5.41, 5.74) is 3.21. The topological polar surface area (TPSA) is 41.1 Å². The lowest BCUT2D eigenvalue weighted by Gasteiger charge is -2.07. The summed E-state index contributed by atoms with van der Waals surface area (Å²) in [4.78, 5) is 12.1. The fourth-order valence-electron chi connectivity index (χ4n) is 2.21. The molecule has 1 aliphatic rings. The summed E-state index contributed by atoms with van der Waals surface area (Å²) in [5.74, 6) is -0.651. The van der Waals surface area contributed by atoms with Gasteiger partial charge in [-0.3, -0.25) is 4.79 Å². The van der Waals surface area contributed by atoms with Crippen LogP contribution in [0.15, 0.2) is 40.9 Å². The van der Waals surface area contributed by atoms with Gasteiger partial charge in [0, 0.05) is 23.5 Å². The highest BCUT2D eigenvalue weighted by molar-refractivity contribution is 9.10. The zero-order valence-electron chi connectivity index (χ0n) is 10.5. The average molecular weight is 335 g/mol. The number of hydrogen-bond donors (Lipinski definition) is 2. The third kappa shape index (κ3) is 2.54. The third-order valence-electron chi connectivity index (χ3n) is 3.26. The minimum absolute atomic E-state index is 0.247. The van der Waals surface area contributed by atoms with Crippen molar-refractivity contribution in [1.29, 1.82) is 0 Å². The number of benzene rings is 2. The number of hydrogen-bond acceptors (Lipinski definition) is 2. The molecule has 0 aliphatic carbocycles. The first-order valence-electron chi connectivity index (χ1n) is 6.27.